The van der Waals surface area contributed by atoms with Crippen LogP contribution in [0.4, 0.5) is 11.5 Å². The molecule has 1 aromatic heterocycles. The van der Waals surface area contributed by atoms with Crippen molar-refractivity contribution in [2.45, 2.75) is 45.1 Å². The predicted octanol–water partition coefficient (Wildman–Crippen LogP) is 3.21. The molecule has 5 rings (SSSR count). The summed E-state index contributed by atoms with van der Waals surface area (Å²) in [7, 11) is 0. The second-order valence-corrected chi connectivity index (χ2v) is 7.05. The lowest BCUT2D eigenvalue weighted by Gasteiger charge is -2.54. The fourth-order valence-electron chi connectivity index (χ4n) is 5.03. The van der Waals surface area contributed by atoms with Crippen LogP contribution in [-0.4, -0.2) is 11.0 Å². The number of hydrogen-bond donors (Lipinski definition) is 2. The Labute approximate surface area is 115 Å². The largest absolute Gasteiger partial charge is 0.396 e. The third kappa shape index (κ3) is 1.90. The lowest BCUT2D eigenvalue weighted by atomic mass is 9.54. The van der Waals surface area contributed by atoms with Crippen LogP contribution in [0.25, 0.3) is 0 Å². The number of nitrogens with zero attached hydrogens (tertiary/aromatic N) is 1. The van der Waals surface area contributed by atoms with Gasteiger partial charge in [0, 0.05) is 12.2 Å². The Morgan fingerprint density at radius 2 is 1.74 bits per heavy atom. The van der Waals surface area contributed by atoms with E-state index in [0.717, 1.165) is 40.7 Å². The molecular weight excluding hydrogens is 234 g/mol. The van der Waals surface area contributed by atoms with Crippen molar-refractivity contribution in [1.29, 1.82) is 0 Å². The van der Waals surface area contributed by atoms with Gasteiger partial charge in [-0.1, -0.05) is 0 Å². The number of nitrogen functional groups attached to an aromatic ring is 1. The summed E-state index contributed by atoms with van der Waals surface area (Å²) in [4.78, 5) is 4.49. The Balaban J connectivity index is 1.56. The summed E-state index contributed by atoms with van der Waals surface area (Å²) in [5.74, 6) is 4.66. The summed E-state index contributed by atoms with van der Waals surface area (Å²) in [5, 5.41) is 3.68. The maximum atomic E-state index is 6.10. The van der Waals surface area contributed by atoms with Crippen molar-refractivity contribution in [1.82, 2.24) is 4.98 Å². The van der Waals surface area contributed by atoms with E-state index in [9.17, 15) is 0 Å². The highest BCUT2D eigenvalue weighted by Crippen LogP contribution is 2.54. The van der Waals surface area contributed by atoms with Gasteiger partial charge in [0.2, 0.25) is 0 Å². The summed E-state index contributed by atoms with van der Waals surface area (Å²) in [5.41, 5.74) is 8.03. The number of pyridine rings is 1. The SMILES string of the molecule is Cc1cnc(NC2C3CC4CC(C3)CC2C4)c(N)c1. The Morgan fingerprint density at radius 3 is 2.32 bits per heavy atom. The average molecular weight is 257 g/mol. The summed E-state index contributed by atoms with van der Waals surface area (Å²) >= 11 is 0. The molecule has 1 aromatic rings. The van der Waals surface area contributed by atoms with E-state index in [0.29, 0.717) is 6.04 Å². The van der Waals surface area contributed by atoms with Crippen LogP contribution in [0.15, 0.2) is 12.3 Å². The van der Waals surface area contributed by atoms with E-state index >= 15 is 0 Å². The van der Waals surface area contributed by atoms with Crippen molar-refractivity contribution in [3.63, 3.8) is 0 Å². The van der Waals surface area contributed by atoms with Gasteiger partial charge in [0.05, 0.1) is 5.69 Å². The first-order valence-electron chi connectivity index (χ1n) is 7.67. The standard InChI is InChI=1S/C16H23N3/c1-9-2-14(17)16(18-8-9)19-15-12-4-10-3-11(6-12)7-13(15)5-10/h2,8,10-13,15H,3-7,17H2,1H3,(H,18,19). The van der Waals surface area contributed by atoms with Crippen LogP contribution in [0.2, 0.25) is 0 Å². The smallest absolute Gasteiger partial charge is 0.149 e. The summed E-state index contributed by atoms with van der Waals surface area (Å²) in [6, 6.07) is 2.64. The summed E-state index contributed by atoms with van der Waals surface area (Å²) in [6.45, 7) is 2.04. The molecule has 0 amide bonds. The number of nitrogens with two attached hydrogens (primary N) is 1. The normalized spacial score (nSPS) is 39.5. The van der Waals surface area contributed by atoms with E-state index in [-0.39, 0.29) is 0 Å². The third-order valence-electron chi connectivity index (χ3n) is 5.58. The fourth-order valence-corrected chi connectivity index (χ4v) is 5.03. The Kier molecular flexibility index (Phi) is 2.51. The molecule has 4 aliphatic carbocycles. The van der Waals surface area contributed by atoms with Crippen LogP contribution >= 0.6 is 0 Å². The minimum Gasteiger partial charge on any atom is -0.396 e. The van der Waals surface area contributed by atoms with Gasteiger partial charge in [0.15, 0.2) is 0 Å². The lowest BCUT2D eigenvalue weighted by Crippen LogP contribution is -2.51. The van der Waals surface area contributed by atoms with E-state index in [2.05, 4.69) is 10.3 Å². The van der Waals surface area contributed by atoms with Crippen LogP contribution in [0, 0.1) is 30.6 Å². The zero-order chi connectivity index (χ0) is 13.0. The van der Waals surface area contributed by atoms with Crippen LogP contribution in [0.5, 0.6) is 0 Å². The Hall–Kier alpha value is -1.25. The monoisotopic (exact) mass is 257 g/mol. The molecule has 3 nitrogen and oxygen atoms in total. The zero-order valence-corrected chi connectivity index (χ0v) is 11.6. The Bertz CT molecular complexity index is 469. The molecule has 102 valence electrons. The van der Waals surface area contributed by atoms with Crippen molar-refractivity contribution in [3.8, 4) is 0 Å². The molecule has 0 atom stereocenters. The molecule has 19 heavy (non-hydrogen) atoms. The third-order valence-corrected chi connectivity index (χ3v) is 5.58. The predicted molar refractivity (Wildman–Crippen MR) is 77.8 cm³/mol. The molecule has 1 heterocycles. The number of hydrogen-bond acceptors (Lipinski definition) is 3. The van der Waals surface area contributed by atoms with Crippen molar-refractivity contribution in [2.24, 2.45) is 23.7 Å². The first-order valence-corrected chi connectivity index (χ1v) is 7.67. The molecule has 0 spiro atoms. The van der Waals surface area contributed by atoms with Crippen LogP contribution in [0.1, 0.15) is 37.7 Å². The van der Waals surface area contributed by atoms with E-state index < -0.39 is 0 Å². The minimum absolute atomic E-state index is 0.616. The number of aromatic nitrogens is 1. The van der Waals surface area contributed by atoms with Crippen molar-refractivity contribution >= 4 is 11.5 Å². The summed E-state index contributed by atoms with van der Waals surface area (Å²) in [6.07, 6.45) is 9.12. The number of rotatable bonds is 2. The van der Waals surface area contributed by atoms with Crippen molar-refractivity contribution in [3.05, 3.63) is 17.8 Å². The van der Waals surface area contributed by atoms with Crippen molar-refractivity contribution in [2.75, 3.05) is 11.1 Å². The molecule has 0 aromatic carbocycles. The maximum absolute atomic E-state index is 6.10. The van der Waals surface area contributed by atoms with E-state index in [4.69, 9.17) is 5.73 Å². The van der Waals surface area contributed by atoms with Gasteiger partial charge < -0.3 is 11.1 Å². The van der Waals surface area contributed by atoms with Gasteiger partial charge >= 0.3 is 0 Å². The highest BCUT2D eigenvalue weighted by Gasteiger charge is 2.48. The zero-order valence-electron chi connectivity index (χ0n) is 11.6. The fraction of sp³-hybridized carbons (Fsp3) is 0.688. The van der Waals surface area contributed by atoms with Crippen LogP contribution in [-0.2, 0) is 0 Å². The quantitative estimate of drug-likeness (QED) is 0.855. The molecule has 4 saturated carbocycles. The lowest BCUT2D eigenvalue weighted by molar-refractivity contribution is 0.00744. The molecule has 4 fully saturated rings. The van der Waals surface area contributed by atoms with Gasteiger partial charge in [-0.2, -0.15) is 0 Å². The van der Waals surface area contributed by atoms with E-state index in [1.807, 2.05) is 19.2 Å². The van der Waals surface area contributed by atoms with Gasteiger partial charge in [-0.05, 0) is 74.3 Å². The van der Waals surface area contributed by atoms with Gasteiger partial charge in [0.1, 0.15) is 5.82 Å². The molecule has 0 unspecified atom stereocenters. The molecule has 0 radical (unpaired) electrons. The summed E-state index contributed by atoms with van der Waals surface area (Å²) < 4.78 is 0. The number of aryl methyl sites for hydroxylation is 1. The second kappa shape index (κ2) is 4.12. The molecule has 0 aliphatic heterocycles. The first-order chi connectivity index (χ1) is 9.19. The van der Waals surface area contributed by atoms with E-state index in [1.54, 1.807) is 0 Å². The second-order valence-electron chi connectivity index (χ2n) is 7.05. The van der Waals surface area contributed by atoms with Gasteiger partial charge in [-0.25, -0.2) is 4.98 Å². The van der Waals surface area contributed by atoms with Gasteiger partial charge in [0.25, 0.3) is 0 Å². The molecule has 3 heteroatoms. The molecule has 4 aliphatic rings. The van der Waals surface area contributed by atoms with Crippen molar-refractivity contribution < 1.29 is 0 Å². The molecule has 4 bridgehead atoms. The number of nitrogens with one attached hydrogen (secondary N) is 1. The number of anilines is 2. The maximum Gasteiger partial charge on any atom is 0.149 e. The topological polar surface area (TPSA) is 50.9 Å². The molecular formula is C16H23N3. The molecule has 3 N–H and O–H groups in total. The van der Waals surface area contributed by atoms with E-state index in [1.165, 1.54) is 32.1 Å². The minimum atomic E-state index is 0.616. The van der Waals surface area contributed by atoms with Gasteiger partial charge in [-0.15, -0.1) is 0 Å². The Morgan fingerprint density at radius 1 is 1.11 bits per heavy atom. The van der Waals surface area contributed by atoms with Gasteiger partial charge in [-0.3, -0.25) is 0 Å². The molecule has 0 saturated heterocycles. The highest BCUT2D eigenvalue weighted by molar-refractivity contribution is 5.62. The first kappa shape index (κ1) is 11.6. The van der Waals surface area contributed by atoms with Crippen LogP contribution in [0.3, 0.4) is 0 Å². The highest BCUT2D eigenvalue weighted by atomic mass is 15.0. The van der Waals surface area contributed by atoms with Crippen LogP contribution < -0.4 is 11.1 Å². The average Bonchev–Trinajstić information content (AvgIpc) is 2.35.